The van der Waals surface area contributed by atoms with Crippen molar-refractivity contribution in [3.05, 3.63) is 33.9 Å². The molecule has 2 aromatic rings. The zero-order valence-corrected chi connectivity index (χ0v) is 16.1. The number of anilines is 1. The lowest BCUT2D eigenvalue weighted by molar-refractivity contribution is 0.515. The van der Waals surface area contributed by atoms with Crippen LogP contribution in [0.4, 0.5) is 14.5 Å². The topological polar surface area (TPSA) is 57.8 Å². The third-order valence-electron chi connectivity index (χ3n) is 5.65. The average molecular weight is 394 g/mol. The standard InChI is InChI=1S/C20H25F2N3OS/c21-18-15(23-12-6-4-5-7-12)10-14-17(19(18)22)20(26)25-16(24-14)11-27-13-8-2-1-3-9-13/h10,12-13,23H,1-9,11H2,(H,24,25,26). The number of aromatic nitrogens is 2. The van der Waals surface area contributed by atoms with Gasteiger partial charge in [0.2, 0.25) is 0 Å². The Hall–Kier alpha value is -1.63. The van der Waals surface area contributed by atoms with Gasteiger partial charge in [-0.25, -0.2) is 13.8 Å². The molecule has 1 heterocycles. The summed E-state index contributed by atoms with van der Waals surface area (Å²) in [6.07, 6.45) is 10.3. The van der Waals surface area contributed by atoms with Crippen LogP contribution >= 0.6 is 11.8 Å². The molecular weight excluding hydrogens is 368 g/mol. The van der Waals surface area contributed by atoms with Gasteiger partial charge in [0.1, 0.15) is 11.2 Å². The number of H-pyrrole nitrogens is 1. The number of halogens is 2. The molecule has 0 amide bonds. The van der Waals surface area contributed by atoms with Crippen LogP contribution in [-0.2, 0) is 5.75 Å². The zero-order chi connectivity index (χ0) is 18.8. The Bertz CT molecular complexity index is 874. The molecule has 0 radical (unpaired) electrons. The van der Waals surface area contributed by atoms with Crippen LogP contribution in [0.1, 0.15) is 63.6 Å². The quantitative estimate of drug-likeness (QED) is 0.740. The Morgan fingerprint density at radius 2 is 1.78 bits per heavy atom. The number of rotatable bonds is 5. The van der Waals surface area contributed by atoms with Crippen LogP contribution in [0.15, 0.2) is 10.9 Å². The normalized spacial score (nSPS) is 19.0. The molecule has 1 aromatic carbocycles. The second kappa shape index (κ2) is 8.17. The summed E-state index contributed by atoms with van der Waals surface area (Å²) >= 11 is 1.79. The molecule has 146 valence electrons. The first kappa shape index (κ1) is 18.7. The minimum absolute atomic E-state index is 0.107. The summed E-state index contributed by atoms with van der Waals surface area (Å²) in [5, 5.41) is 3.38. The molecule has 7 heteroatoms. The van der Waals surface area contributed by atoms with Crippen LogP contribution in [-0.4, -0.2) is 21.3 Å². The molecule has 2 aliphatic rings. The van der Waals surface area contributed by atoms with Gasteiger partial charge in [-0.3, -0.25) is 4.79 Å². The summed E-state index contributed by atoms with van der Waals surface area (Å²) < 4.78 is 29.0. The lowest BCUT2D eigenvalue weighted by atomic mass is 10.0. The fraction of sp³-hybridized carbons (Fsp3) is 0.600. The van der Waals surface area contributed by atoms with Crippen molar-refractivity contribution in [2.75, 3.05) is 5.32 Å². The fourth-order valence-corrected chi connectivity index (χ4v) is 5.37. The van der Waals surface area contributed by atoms with Crippen molar-refractivity contribution in [2.24, 2.45) is 0 Å². The van der Waals surface area contributed by atoms with Gasteiger partial charge in [0.15, 0.2) is 11.6 Å². The predicted molar refractivity (Wildman–Crippen MR) is 106 cm³/mol. The third kappa shape index (κ3) is 4.13. The maximum absolute atomic E-state index is 14.5. The van der Waals surface area contributed by atoms with Crippen LogP contribution in [0.5, 0.6) is 0 Å². The molecule has 4 nitrogen and oxygen atoms in total. The Morgan fingerprint density at radius 3 is 2.52 bits per heavy atom. The van der Waals surface area contributed by atoms with Gasteiger partial charge in [-0.2, -0.15) is 11.8 Å². The van der Waals surface area contributed by atoms with Crippen LogP contribution < -0.4 is 10.9 Å². The largest absolute Gasteiger partial charge is 0.380 e. The lowest BCUT2D eigenvalue weighted by Gasteiger charge is -2.20. The highest BCUT2D eigenvalue weighted by atomic mass is 32.2. The second-order valence-corrected chi connectivity index (χ2v) is 8.94. The smallest absolute Gasteiger partial charge is 0.261 e. The second-order valence-electron chi connectivity index (χ2n) is 7.66. The van der Waals surface area contributed by atoms with Crippen molar-refractivity contribution in [1.29, 1.82) is 0 Å². The first-order chi connectivity index (χ1) is 13.1. The molecule has 27 heavy (non-hydrogen) atoms. The van der Waals surface area contributed by atoms with Gasteiger partial charge in [-0.05, 0) is 31.7 Å². The third-order valence-corrected chi connectivity index (χ3v) is 7.03. The van der Waals surface area contributed by atoms with Crippen LogP contribution in [0.25, 0.3) is 10.9 Å². The molecular formula is C20H25F2N3OS. The zero-order valence-electron chi connectivity index (χ0n) is 15.3. The number of benzene rings is 1. The fourth-order valence-electron chi connectivity index (χ4n) is 4.18. The van der Waals surface area contributed by atoms with Gasteiger partial charge in [-0.1, -0.05) is 32.1 Å². The molecule has 0 aliphatic heterocycles. The van der Waals surface area contributed by atoms with Gasteiger partial charge < -0.3 is 10.3 Å². The number of aromatic amines is 1. The molecule has 1 aromatic heterocycles. The summed E-state index contributed by atoms with van der Waals surface area (Å²) in [6.45, 7) is 0. The first-order valence-corrected chi connectivity index (χ1v) is 11.0. The Labute approximate surface area is 161 Å². The van der Waals surface area contributed by atoms with Crippen molar-refractivity contribution < 1.29 is 8.78 Å². The van der Waals surface area contributed by atoms with Crippen molar-refractivity contribution >= 4 is 28.4 Å². The minimum Gasteiger partial charge on any atom is -0.380 e. The van der Waals surface area contributed by atoms with Crippen molar-refractivity contribution in [3.63, 3.8) is 0 Å². The minimum atomic E-state index is -1.12. The van der Waals surface area contributed by atoms with E-state index in [9.17, 15) is 13.6 Å². The SMILES string of the molecule is O=c1[nH]c(CSC2CCCCC2)nc2cc(NC3CCCC3)c(F)c(F)c12. The van der Waals surface area contributed by atoms with Crippen molar-refractivity contribution in [3.8, 4) is 0 Å². The molecule has 0 spiro atoms. The van der Waals surface area contributed by atoms with E-state index in [1.54, 1.807) is 11.8 Å². The average Bonchev–Trinajstić information content (AvgIpc) is 3.18. The number of thioether (sulfide) groups is 1. The summed E-state index contributed by atoms with van der Waals surface area (Å²) in [5.74, 6) is -1.000. The number of hydrogen-bond acceptors (Lipinski definition) is 4. The predicted octanol–water partition coefficient (Wildman–Crippen LogP) is 5.12. The van der Waals surface area contributed by atoms with Crippen LogP contribution in [0.2, 0.25) is 0 Å². The molecule has 2 aliphatic carbocycles. The molecule has 2 N–H and O–H groups in total. The Balaban J connectivity index is 1.60. The van der Waals surface area contributed by atoms with E-state index in [1.165, 1.54) is 38.2 Å². The maximum atomic E-state index is 14.5. The molecule has 0 saturated heterocycles. The highest BCUT2D eigenvalue weighted by Crippen LogP contribution is 2.31. The van der Waals surface area contributed by atoms with Gasteiger partial charge in [0.05, 0.1) is 17.0 Å². The molecule has 2 saturated carbocycles. The van der Waals surface area contributed by atoms with E-state index in [2.05, 4.69) is 15.3 Å². The molecule has 0 unspecified atom stereocenters. The number of hydrogen-bond donors (Lipinski definition) is 2. The number of nitrogens with one attached hydrogen (secondary N) is 2. The van der Waals surface area contributed by atoms with E-state index in [0.717, 1.165) is 25.7 Å². The highest BCUT2D eigenvalue weighted by Gasteiger charge is 2.22. The van der Waals surface area contributed by atoms with Crippen LogP contribution in [0.3, 0.4) is 0 Å². The highest BCUT2D eigenvalue weighted by molar-refractivity contribution is 7.99. The van der Waals surface area contributed by atoms with E-state index >= 15 is 0 Å². The monoisotopic (exact) mass is 393 g/mol. The van der Waals surface area contributed by atoms with Gasteiger partial charge in [0.25, 0.3) is 5.56 Å². The first-order valence-electron chi connectivity index (χ1n) is 9.91. The van der Waals surface area contributed by atoms with E-state index < -0.39 is 17.2 Å². The van der Waals surface area contributed by atoms with Gasteiger partial charge in [-0.15, -0.1) is 0 Å². The van der Waals surface area contributed by atoms with Crippen molar-refractivity contribution in [1.82, 2.24) is 9.97 Å². The summed E-state index contributed by atoms with van der Waals surface area (Å²) in [4.78, 5) is 19.4. The summed E-state index contributed by atoms with van der Waals surface area (Å²) in [6, 6.07) is 1.63. The van der Waals surface area contributed by atoms with E-state index in [4.69, 9.17) is 0 Å². The Kier molecular flexibility index (Phi) is 5.66. The number of nitrogens with zero attached hydrogens (tertiary/aromatic N) is 1. The lowest BCUT2D eigenvalue weighted by Crippen LogP contribution is -2.18. The number of fused-ring (bicyclic) bond motifs is 1. The Morgan fingerprint density at radius 1 is 1.07 bits per heavy atom. The van der Waals surface area contributed by atoms with Gasteiger partial charge in [0, 0.05) is 11.3 Å². The van der Waals surface area contributed by atoms with E-state index in [1.807, 2.05) is 0 Å². The van der Waals surface area contributed by atoms with Crippen LogP contribution in [0, 0.1) is 11.6 Å². The van der Waals surface area contributed by atoms with Gasteiger partial charge >= 0.3 is 0 Å². The summed E-state index contributed by atoms with van der Waals surface area (Å²) in [7, 11) is 0. The van der Waals surface area contributed by atoms with E-state index in [-0.39, 0.29) is 22.6 Å². The molecule has 4 rings (SSSR count). The maximum Gasteiger partial charge on any atom is 0.261 e. The summed E-state index contributed by atoms with van der Waals surface area (Å²) in [5.41, 5.74) is -0.281. The molecule has 2 fully saturated rings. The van der Waals surface area contributed by atoms with Crippen molar-refractivity contribution in [2.45, 2.75) is 74.8 Å². The molecule has 0 atom stereocenters. The van der Waals surface area contributed by atoms with E-state index in [0.29, 0.717) is 16.8 Å². The molecule has 0 bridgehead atoms.